The Morgan fingerprint density at radius 3 is 2.34 bits per heavy atom. The van der Waals surface area contributed by atoms with Gasteiger partial charge in [0.25, 0.3) is 0 Å². The molecule has 0 aromatic carbocycles. The molecule has 0 unspecified atom stereocenters. The zero-order chi connectivity index (χ0) is 23.7. The predicted molar refractivity (Wildman–Crippen MR) is 126 cm³/mol. The number of rotatable bonds is 11. The topological polar surface area (TPSA) is 86.7 Å². The molecule has 0 aliphatic carbocycles. The molecule has 0 radical (unpaired) electrons. The first kappa shape index (κ1) is 26.8. The van der Waals surface area contributed by atoms with Gasteiger partial charge >= 0.3 is 6.09 Å². The highest BCUT2D eigenvalue weighted by Gasteiger charge is 2.51. The molecule has 2 aliphatic heterocycles. The fourth-order valence-electron chi connectivity index (χ4n) is 3.37. The van der Waals surface area contributed by atoms with Crippen molar-refractivity contribution in [1.82, 2.24) is 4.90 Å². The van der Waals surface area contributed by atoms with Crippen LogP contribution >= 0.6 is 11.8 Å². The molecule has 2 heterocycles. The molecular formula is C23H38N2O6S. The van der Waals surface area contributed by atoms with Crippen LogP contribution < -0.4 is 0 Å². The van der Waals surface area contributed by atoms with Gasteiger partial charge in [-0.3, -0.25) is 9.89 Å². The Labute approximate surface area is 196 Å². The number of amides is 1. The molecule has 1 saturated heterocycles. The molecule has 1 amide bonds. The Balaban J connectivity index is 2.29. The minimum atomic E-state index is -0.754. The van der Waals surface area contributed by atoms with Gasteiger partial charge in [-0.1, -0.05) is 44.5 Å². The Bertz CT molecular complexity index is 665. The molecule has 2 aliphatic rings. The molecular weight excluding hydrogens is 432 g/mol. The summed E-state index contributed by atoms with van der Waals surface area (Å²) in [6.45, 7) is 14.7. The third kappa shape index (κ3) is 7.30. The number of unbranched alkanes of at least 4 members (excludes halogenated alkanes) is 2. The third-order valence-electron chi connectivity index (χ3n) is 4.94. The van der Waals surface area contributed by atoms with Crippen LogP contribution in [0.2, 0.25) is 0 Å². The van der Waals surface area contributed by atoms with Crippen molar-refractivity contribution in [2.45, 2.75) is 95.7 Å². The molecule has 0 spiro atoms. The summed E-state index contributed by atoms with van der Waals surface area (Å²) in [5, 5.41) is 0.470. The molecule has 1 fully saturated rings. The summed E-state index contributed by atoms with van der Waals surface area (Å²) in [6.07, 6.45) is 3.90. The summed E-state index contributed by atoms with van der Waals surface area (Å²) < 4.78 is 23.9. The Morgan fingerprint density at radius 2 is 1.81 bits per heavy atom. The highest BCUT2D eigenvalue weighted by molar-refractivity contribution is 8.14. The minimum absolute atomic E-state index is 0.245. The first-order valence-corrected chi connectivity index (χ1v) is 12.3. The molecule has 9 heteroatoms. The Kier molecular flexibility index (Phi) is 10.7. The van der Waals surface area contributed by atoms with E-state index in [0.717, 1.165) is 32.0 Å². The van der Waals surface area contributed by atoms with E-state index in [-0.39, 0.29) is 6.54 Å². The number of nitrogens with zero attached hydrogens (tertiary/aromatic N) is 2. The van der Waals surface area contributed by atoms with Crippen LogP contribution in [-0.2, 0) is 23.7 Å². The van der Waals surface area contributed by atoms with Crippen LogP contribution in [0.15, 0.2) is 17.6 Å². The van der Waals surface area contributed by atoms with Crippen LogP contribution in [-0.4, -0.2) is 77.6 Å². The molecule has 32 heavy (non-hydrogen) atoms. The van der Waals surface area contributed by atoms with Gasteiger partial charge in [0.2, 0.25) is 0 Å². The first-order valence-electron chi connectivity index (χ1n) is 11.5. The standard InChI is InChI=1S/C23H38N2O6S/c1-7-10-13-28-18-16(15-26)30-20-17(19(18)29-14-11-8-2)24-21(32-20)25(12-9-3)22(27)31-23(4,5)6/h9,15-20H,3,7-8,10-14H2,1-2,4-6H3/t16-,17-,18-,19-,20-/m1/s1. The smallest absolute Gasteiger partial charge is 0.416 e. The van der Waals surface area contributed by atoms with Crippen LogP contribution in [0.3, 0.4) is 0 Å². The molecule has 182 valence electrons. The van der Waals surface area contributed by atoms with E-state index >= 15 is 0 Å². The number of fused-ring (bicyclic) bond motifs is 1. The second kappa shape index (κ2) is 12.7. The quantitative estimate of drug-likeness (QED) is 0.254. The van der Waals surface area contributed by atoms with Crippen LogP contribution in [0.5, 0.6) is 0 Å². The molecule has 0 N–H and O–H groups in total. The summed E-state index contributed by atoms with van der Waals surface area (Å²) >= 11 is 1.30. The van der Waals surface area contributed by atoms with E-state index in [1.165, 1.54) is 16.7 Å². The van der Waals surface area contributed by atoms with Gasteiger partial charge in [0.15, 0.2) is 11.5 Å². The number of hydrogen-bond acceptors (Lipinski definition) is 8. The van der Waals surface area contributed by atoms with Gasteiger partial charge in [-0.15, -0.1) is 6.58 Å². The number of thioether (sulfide) groups is 1. The number of carbonyl (C=O) groups excluding carboxylic acids is 2. The fraction of sp³-hybridized carbons (Fsp3) is 0.783. The van der Waals surface area contributed by atoms with Gasteiger partial charge in [0, 0.05) is 19.8 Å². The predicted octanol–water partition coefficient (Wildman–Crippen LogP) is 4.18. The number of hydrogen-bond donors (Lipinski definition) is 0. The normalized spacial score (nSPS) is 27.4. The number of amidine groups is 1. The fourth-order valence-corrected chi connectivity index (χ4v) is 4.58. The van der Waals surface area contributed by atoms with E-state index in [4.69, 9.17) is 23.9 Å². The molecule has 0 saturated carbocycles. The number of ether oxygens (including phenoxy) is 4. The third-order valence-corrected chi connectivity index (χ3v) is 6.10. The van der Waals surface area contributed by atoms with Crippen molar-refractivity contribution in [3.05, 3.63) is 12.7 Å². The maximum absolute atomic E-state index is 12.8. The summed E-state index contributed by atoms with van der Waals surface area (Å²) in [4.78, 5) is 30.9. The van der Waals surface area contributed by atoms with Crippen molar-refractivity contribution in [2.75, 3.05) is 19.8 Å². The minimum Gasteiger partial charge on any atom is -0.443 e. The SMILES string of the molecule is C=CCN(C(=O)OC(C)(C)C)C1=N[C@@H]2[C@@H](OCCCC)[C@H](OCCCC)[C@@H](C=O)O[C@@H]2S1. The van der Waals surface area contributed by atoms with Crippen LogP contribution in [0, 0.1) is 0 Å². The second-order valence-corrected chi connectivity index (χ2v) is 9.95. The lowest BCUT2D eigenvalue weighted by Gasteiger charge is -2.40. The van der Waals surface area contributed by atoms with Gasteiger partial charge in [0.1, 0.15) is 35.4 Å². The molecule has 0 aromatic heterocycles. The van der Waals surface area contributed by atoms with Gasteiger partial charge < -0.3 is 23.7 Å². The second-order valence-electron chi connectivity index (χ2n) is 8.88. The molecule has 0 bridgehead atoms. The summed E-state index contributed by atoms with van der Waals surface area (Å²) in [5.74, 6) is 0. The lowest BCUT2D eigenvalue weighted by atomic mass is 9.98. The highest BCUT2D eigenvalue weighted by atomic mass is 32.2. The van der Waals surface area contributed by atoms with E-state index in [0.29, 0.717) is 18.4 Å². The zero-order valence-electron chi connectivity index (χ0n) is 20.0. The summed E-state index contributed by atoms with van der Waals surface area (Å²) in [5.41, 5.74) is -1.09. The monoisotopic (exact) mass is 470 g/mol. The molecule has 8 nitrogen and oxygen atoms in total. The maximum atomic E-state index is 12.8. The average molecular weight is 471 g/mol. The lowest BCUT2D eigenvalue weighted by Crippen LogP contribution is -2.57. The molecule has 2 rings (SSSR count). The van der Waals surface area contributed by atoms with Crippen molar-refractivity contribution in [2.24, 2.45) is 4.99 Å². The summed E-state index contributed by atoms with van der Waals surface area (Å²) in [6, 6.07) is -0.399. The van der Waals surface area contributed by atoms with Crippen LogP contribution in [0.25, 0.3) is 0 Å². The van der Waals surface area contributed by atoms with Crippen molar-refractivity contribution in [3.8, 4) is 0 Å². The van der Waals surface area contributed by atoms with Gasteiger partial charge in [-0.2, -0.15) is 0 Å². The lowest BCUT2D eigenvalue weighted by molar-refractivity contribution is -0.188. The van der Waals surface area contributed by atoms with Crippen molar-refractivity contribution >= 4 is 29.3 Å². The molecule has 0 aromatic rings. The van der Waals surface area contributed by atoms with E-state index in [1.807, 2.05) is 20.8 Å². The Morgan fingerprint density at radius 1 is 1.19 bits per heavy atom. The van der Waals surface area contributed by atoms with Crippen molar-refractivity contribution < 1.29 is 28.5 Å². The number of carbonyl (C=O) groups is 2. The first-order chi connectivity index (χ1) is 15.3. The van der Waals surface area contributed by atoms with E-state index in [1.54, 1.807) is 6.08 Å². The number of aliphatic imine (C=N–C) groups is 1. The van der Waals surface area contributed by atoms with Gasteiger partial charge in [-0.05, 0) is 33.6 Å². The van der Waals surface area contributed by atoms with E-state index in [9.17, 15) is 9.59 Å². The highest BCUT2D eigenvalue weighted by Crippen LogP contribution is 2.39. The Hall–Kier alpha value is -1.42. The average Bonchev–Trinajstić information content (AvgIpc) is 3.14. The molecule has 5 atom stereocenters. The van der Waals surface area contributed by atoms with E-state index in [2.05, 4.69) is 20.4 Å². The largest absolute Gasteiger partial charge is 0.443 e. The zero-order valence-corrected chi connectivity index (χ0v) is 20.8. The maximum Gasteiger partial charge on any atom is 0.416 e. The van der Waals surface area contributed by atoms with Crippen molar-refractivity contribution in [1.29, 1.82) is 0 Å². The van der Waals surface area contributed by atoms with E-state index < -0.39 is 41.5 Å². The van der Waals surface area contributed by atoms with Crippen LogP contribution in [0.4, 0.5) is 4.79 Å². The van der Waals surface area contributed by atoms with Crippen molar-refractivity contribution in [3.63, 3.8) is 0 Å². The number of aldehydes is 1. The van der Waals surface area contributed by atoms with Gasteiger partial charge in [0.05, 0.1) is 0 Å². The summed E-state index contributed by atoms with van der Waals surface area (Å²) in [7, 11) is 0. The van der Waals surface area contributed by atoms with Gasteiger partial charge in [-0.25, -0.2) is 4.79 Å². The van der Waals surface area contributed by atoms with Crippen LogP contribution in [0.1, 0.15) is 60.3 Å².